The fourth-order valence-corrected chi connectivity index (χ4v) is 10.4. The minimum absolute atomic E-state index is 0.0222. The van der Waals surface area contributed by atoms with Crippen LogP contribution in [0.1, 0.15) is 73.5 Å². The third-order valence-corrected chi connectivity index (χ3v) is 12.2. The van der Waals surface area contributed by atoms with Gasteiger partial charge >= 0.3 is 0 Å². The Labute approximate surface area is 248 Å². The molecular weight excluding hydrogens is 544 g/mol. The van der Waals surface area contributed by atoms with E-state index in [0.29, 0.717) is 30.0 Å². The van der Waals surface area contributed by atoms with Crippen molar-refractivity contribution in [2.24, 2.45) is 21.7 Å². The van der Waals surface area contributed by atoms with Gasteiger partial charge < -0.3 is 0 Å². The highest BCUT2D eigenvalue weighted by Crippen LogP contribution is 2.70. The first-order valence-electron chi connectivity index (χ1n) is 14.9. The number of hydrogen-bond donors (Lipinski definition) is 0. The van der Waals surface area contributed by atoms with Crippen molar-refractivity contribution in [3.8, 4) is 0 Å². The summed E-state index contributed by atoms with van der Waals surface area (Å²) in [6, 6.07) is 25.4. The summed E-state index contributed by atoms with van der Waals surface area (Å²) in [5.41, 5.74) is 3.25. The molecule has 7 heteroatoms. The van der Waals surface area contributed by atoms with Crippen molar-refractivity contribution >= 4 is 27.4 Å². The van der Waals surface area contributed by atoms with Crippen LogP contribution in [0.5, 0.6) is 0 Å². The molecule has 0 aromatic heterocycles. The third kappa shape index (κ3) is 4.62. The van der Waals surface area contributed by atoms with Crippen molar-refractivity contribution in [3.63, 3.8) is 0 Å². The second-order valence-corrected chi connectivity index (χ2v) is 14.5. The molecule has 1 aliphatic heterocycles. The van der Waals surface area contributed by atoms with E-state index in [1.54, 1.807) is 12.1 Å². The lowest BCUT2D eigenvalue weighted by atomic mass is 9.69. The normalized spacial score (nSPS) is 25.5. The monoisotopic (exact) mass is 582 g/mol. The number of nitrogens with zero attached hydrogens (tertiary/aromatic N) is 2. The fraction of sp³-hybridized carbons (Fsp3) is 0.400. The smallest absolute Gasteiger partial charge is 0.261 e. The van der Waals surface area contributed by atoms with E-state index in [9.17, 15) is 18.0 Å². The van der Waals surface area contributed by atoms with Crippen molar-refractivity contribution in [2.75, 3.05) is 5.75 Å². The number of Topliss-reactive ketones (excluding diaryl/α,β-unsaturated/α-hetero) is 1. The number of rotatable bonds is 8. The van der Waals surface area contributed by atoms with Gasteiger partial charge in [0.15, 0.2) is 5.78 Å². The minimum atomic E-state index is -3.81. The number of hydrogen-bond acceptors (Lipinski definition) is 5. The second-order valence-electron chi connectivity index (χ2n) is 12.7. The van der Waals surface area contributed by atoms with Crippen LogP contribution in [-0.2, 0) is 21.2 Å². The summed E-state index contributed by atoms with van der Waals surface area (Å²) in [7, 11) is -3.81. The van der Waals surface area contributed by atoms with Gasteiger partial charge in [0.1, 0.15) is 6.04 Å². The number of aliphatic imine (C=N–C) groups is 1. The molecule has 42 heavy (non-hydrogen) atoms. The topological polar surface area (TPSA) is 83.9 Å². The van der Waals surface area contributed by atoms with Gasteiger partial charge in [-0.1, -0.05) is 106 Å². The molecule has 1 saturated heterocycles. The third-order valence-electron chi connectivity index (χ3n) is 10.3. The Morgan fingerprint density at radius 1 is 0.905 bits per heavy atom. The first-order valence-corrected chi connectivity index (χ1v) is 16.5. The number of sulfonamides is 1. The molecule has 0 unspecified atom stereocenters. The van der Waals surface area contributed by atoms with Gasteiger partial charge in [-0.05, 0) is 36.2 Å². The van der Waals surface area contributed by atoms with Crippen LogP contribution in [0.4, 0.5) is 0 Å². The van der Waals surface area contributed by atoms with Crippen LogP contribution in [0.25, 0.3) is 0 Å². The maximum atomic E-state index is 14.6. The van der Waals surface area contributed by atoms with Crippen LogP contribution in [0.3, 0.4) is 0 Å². The van der Waals surface area contributed by atoms with Crippen molar-refractivity contribution in [3.05, 3.63) is 107 Å². The Balaban J connectivity index is 1.45. The zero-order valence-corrected chi connectivity index (χ0v) is 25.3. The van der Waals surface area contributed by atoms with E-state index in [4.69, 9.17) is 4.99 Å². The number of benzene rings is 3. The Morgan fingerprint density at radius 2 is 1.50 bits per heavy atom. The van der Waals surface area contributed by atoms with Crippen LogP contribution in [0.2, 0.25) is 0 Å². The summed E-state index contributed by atoms with van der Waals surface area (Å²) < 4.78 is 28.9. The average molecular weight is 583 g/mol. The summed E-state index contributed by atoms with van der Waals surface area (Å²) in [6.07, 6.45) is 3.19. The highest BCUT2D eigenvalue weighted by Gasteiger charge is 2.72. The number of ketones is 1. The van der Waals surface area contributed by atoms with Crippen LogP contribution >= 0.6 is 0 Å². The molecule has 1 spiro atoms. The summed E-state index contributed by atoms with van der Waals surface area (Å²) in [6.45, 7) is 6.20. The number of amides is 1. The van der Waals surface area contributed by atoms with Crippen LogP contribution < -0.4 is 0 Å². The molecule has 3 aliphatic rings. The fourth-order valence-electron chi connectivity index (χ4n) is 7.83. The summed E-state index contributed by atoms with van der Waals surface area (Å²) in [4.78, 5) is 31.9. The van der Waals surface area contributed by atoms with Crippen molar-refractivity contribution in [1.82, 2.24) is 4.31 Å². The molecule has 2 saturated carbocycles. The summed E-state index contributed by atoms with van der Waals surface area (Å²) in [5, 5.41) is 0. The van der Waals surface area contributed by atoms with Gasteiger partial charge in [-0.3, -0.25) is 14.6 Å². The molecule has 3 fully saturated rings. The SMILES string of the molecule is CCC(=O)c1ccc(C[C@H](N=C(c2ccccc2)c2ccccc2)C(=O)N2[C@@H]3C[C@H]4CC[C@]3(CS2(=O)=O)C4(C)C)cc1. The van der Waals surface area contributed by atoms with E-state index in [1.165, 1.54) is 4.31 Å². The van der Waals surface area contributed by atoms with Gasteiger partial charge in [-0.2, -0.15) is 0 Å². The predicted octanol–water partition coefficient (Wildman–Crippen LogP) is 6.09. The van der Waals surface area contributed by atoms with E-state index in [2.05, 4.69) is 13.8 Å². The average Bonchev–Trinajstić information content (AvgIpc) is 3.48. The lowest BCUT2D eigenvalue weighted by Crippen LogP contribution is -2.48. The van der Waals surface area contributed by atoms with Gasteiger partial charge in [-0.15, -0.1) is 0 Å². The first-order chi connectivity index (χ1) is 20.1. The Kier molecular flexibility index (Phi) is 7.20. The van der Waals surface area contributed by atoms with Gasteiger partial charge in [-0.25, -0.2) is 12.7 Å². The van der Waals surface area contributed by atoms with Gasteiger partial charge in [0, 0.05) is 34.9 Å². The molecular formula is C35H38N2O4S. The summed E-state index contributed by atoms with van der Waals surface area (Å²) >= 11 is 0. The second kappa shape index (κ2) is 10.6. The number of carbonyl (C=O) groups excluding carboxylic acids is 2. The van der Waals surface area contributed by atoms with E-state index in [0.717, 1.165) is 29.5 Å². The molecule has 3 aromatic carbocycles. The number of carbonyl (C=O) groups is 2. The highest BCUT2D eigenvalue weighted by molar-refractivity contribution is 7.90. The largest absolute Gasteiger partial charge is 0.294 e. The minimum Gasteiger partial charge on any atom is -0.294 e. The Morgan fingerprint density at radius 3 is 2.05 bits per heavy atom. The van der Waals surface area contributed by atoms with Crippen molar-refractivity contribution in [2.45, 2.75) is 65.0 Å². The van der Waals surface area contributed by atoms with Crippen LogP contribution in [0, 0.1) is 16.7 Å². The summed E-state index contributed by atoms with van der Waals surface area (Å²) in [5.74, 6) is 0.0189. The van der Waals surface area contributed by atoms with Gasteiger partial charge in [0.2, 0.25) is 10.0 Å². The molecule has 2 aliphatic carbocycles. The molecule has 0 radical (unpaired) electrons. The van der Waals surface area contributed by atoms with Gasteiger partial charge in [0.25, 0.3) is 5.91 Å². The zero-order chi connectivity index (χ0) is 29.7. The Hall–Kier alpha value is -3.58. The highest BCUT2D eigenvalue weighted by atomic mass is 32.2. The standard InChI is InChI=1S/C35H38N2O4S/c1-4-30(38)25-17-15-24(16-18-25)21-29(36-32(26-11-7-5-8-12-26)27-13-9-6-10-14-27)33(39)37-31-22-28-19-20-35(31,34(28,2)3)23-42(37,40)41/h5-18,28-29,31H,4,19-23H2,1-3H3/t28-,29+,31-,35-/m1/s1. The maximum absolute atomic E-state index is 14.6. The van der Waals surface area contributed by atoms with Crippen molar-refractivity contribution < 1.29 is 18.0 Å². The molecule has 6 nitrogen and oxygen atoms in total. The lowest BCUT2D eigenvalue weighted by molar-refractivity contribution is -0.130. The molecule has 1 heterocycles. The van der Waals surface area contributed by atoms with Crippen LogP contribution in [0.15, 0.2) is 89.9 Å². The Bertz CT molecular complexity index is 1590. The van der Waals surface area contributed by atoms with E-state index in [-0.39, 0.29) is 29.4 Å². The first kappa shape index (κ1) is 28.5. The predicted molar refractivity (Wildman–Crippen MR) is 165 cm³/mol. The molecule has 218 valence electrons. The zero-order valence-electron chi connectivity index (χ0n) is 24.5. The van der Waals surface area contributed by atoms with Gasteiger partial charge in [0.05, 0.1) is 17.5 Å². The van der Waals surface area contributed by atoms with Crippen LogP contribution in [-0.4, -0.2) is 48.0 Å². The molecule has 2 bridgehead atoms. The van der Waals surface area contributed by atoms with Crippen molar-refractivity contribution in [1.29, 1.82) is 0 Å². The lowest BCUT2D eigenvalue weighted by Gasteiger charge is -2.37. The molecule has 6 rings (SSSR count). The molecule has 1 amide bonds. The van der Waals surface area contributed by atoms with E-state index in [1.807, 2.05) is 79.7 Å². The number of fused-ring (bicyclic) bond motifs is 1. The maximum Gasteiger partial charge on any atom is 0.261 e. The quantitative estimate of drug-likeness (QED) is 0.238. The van der Waals surface area contributed by atoms with E-state index >= 15 is 0 Å². The molecule has 0 N–H and O–H groups in total. The van der Waals surface area contributed by atoms with E-state index < -0.39 is 27.4 Å². The molecule has 3 aromatic rings. The molecule has 4 atom stereocenters.